The van der Waals surface area contributed by atoms with E-state index in [1.807, 2.05) is 12.1 Å². The van der Waals surface area contributed by atoms with Crippen LogP contribution < -0.4 is 0 Å². The summed E-state index contributed by atoms with van der Waals surface area (Å²) < 4.78 is 0. The van der Waals surface area contributed by atoms with Gasteiger partial charge in [0, 0.05) is 12.6 Å². The van der Waals surface area contributed by atoms with Crippen molar-refractivity contribution in [3.05, 3.63) is 30.1 Å². The highest BCUT2D eigenvalue weighted by molar-refractivity contribution is 5.95. The van der Waals surface area contributed by atoms with E-state index in [4.69, 9.17) is 0 Å². The summed E-state index contributed by atoms with van der Waals surface area (Å²) in [5.41, 5.74) is 0.638. The number of hydrogen-bond acceptors (Lipinski definition) is 2. The maximum absolute atomic E-state index is 10.8. The lowest BCUT2D eigenvalue weighted by Crippen LogP contribution is -1.88. The highest BCUT2D eigenvalue weighted by Crippen LogP contribution is 1.89. The Morgan fingerprint density at radius 3 is 3.00 bits per heavy atom. The van der Waals surface area contributed by atoms with Crippen LogP contribution >= 0.6 is 0 Å². The van der Waals surface area contributed by atoms with Crippen LogP contribution in [0.5, 0.6) is 0 Å². The van der Waals surface area contributed by atoms with Crippen LogP contribution in [0.2, 0.25) is 0 Å². The second-order valence-electron chi connectivity index (χ2n) is 2.24. The van der Waals surface area contributed by atoms with Crippen LogP contribution in [-0.2, 0) is 4.79 Å². The Morgan fingerprint density at radius 1 is 1.58 bits per heavy atom. The molecule has 2 heteroatoms. The summed E-state index contributed by atoms with van der Waals surface area (Å²) in [6.07, 6.45) is 2.11. The van der Waals surface area contributed by atoms with E-state index in [1.54, 1.807) is 19.2 Å². The van der Waals surface area contributed by atoms with Crippen LogP contribution in [0.15, 0.2) is 24.4 Å². The fourth-order valence-electron chi connectivity index (χ4n) is 0.659. The van der Waals surface area contributed by atoms with E-state index in [-0.39, 0.29) is 5.78 Å². The number of nitrogens with zero attached hydrogens (tertiary/aromatic N) is 1. The Labute approximate surface area is 71.6 Å². The van der Waals surface area contributed by atoms with E-state index in [0.29, 0.717) is 12.1 Å². The predicted octanol–water partition coefficient (Wildman–Crippen LogP) is 1.41. The number of carbonyl (C=O) groups excluding carboxylic acids is 1. The molecule has 2 nitrogen and oxygen atoms in total. The number of Topliss-reactive ketones (excluding diaryl/α,β-unsaturated/α-hetero) is 1. The molecule has 60 valence electrons. The predicted molar refractivity (Wildman–Crippen MR) is 46.4 cm³/mol. The first-order chi connectivity index (χ1) is 5.83. The van der Waals surface area contributed by atoms with Crippen LogP contribution in [0.25, 0.3) is 0 Å². The fourth-order valence-corrected chi connectivity index (χ4v) is 0.659. The lowest BCUT2D eigenvalue weighted by atomic mass is 10.3. The molecule has 0 saturated carbocycles. The Hall–Kier alpha value is -1.62. The number of ketones is 1. The molecule has 0 bridgehead atoms. The molecule has 0 N–H and O–H groups in total. The first-order valence-electron chi connectivity index (χ1n) is 3.79. The molecule has 1 rings (SSSR count). The highest BCUT2D eigenvalue weighted by atomic mass is 16.1. The van der Waals surface area contributed by atoms with Crippen molar-refractivity contribution in [2.45, 2.75) is 13.3 Å². The van der Waals surface area contributed by atoms with E-state index in [9.17, 15) is 4.79 Å². The van der Waals surface area contributed by atoms with Gasteiger partial charge < -0.3 is 0 Å². The average Bonchev–Trinajstić information content (AvgIpc) is 2.16. The van der Waals surface area contributed by atoms with Crippen molar-refractivity contribution < 1.29 is 4.79 Å². The molecule has 12 heavy (non-hydrogen) atoms. The van der Waals surface area contributed by atoms with Gasteiger partial charge in [-0.2, -0.15) is 0 Å². The van der Waals surface area contributed by atoms with Crippen LogP contribution in [0.3, 0.4) is 0 Å². The minimum atomic E-state index is -0.0550. The minimum Gasteiger partial charge on any atom is -0.285 e. The lowest BCUT2D eigenvalue weighted by molar-refractivity contribution is -0.113. The van der Waals surface area contributed by atoms with Crippen molar-refractivity contribution in [2.75, 3.05) is 0 Å². The second-order valence-corrected chi connectivity index (χ2v) is 2.24. The molecular formula is C10H9NO. The monoisotopic (exact) mass is 159 g/mol. The molecule has 1 heterocycles. The summed E-state index contributed by atoms with van der Waals surface area (Å²) in [5.74, 6) is 5.13. The molecule has 1 aromatic rings. The quantitative estimate of drug-likeness (QED) is 0.580. The Kier molecular flexibility index (Phi) is 3.04. The van der Waals surface area contributed by atoms with Gasteiger partial charge >= 0.3 is 0 Å². The fraction of sp³-hybridized carbons (Fsp3) is 0.200. The summed E-state index contributed by atoms with van der Waals surface area (Å²) in [7, 11) is 0. The van der Waals surface area contributed by atoms with Crippen molar-refractivity contribution in [3.63, 3.8) is 0 Å². The van der Waals surface area contributed by atoms with Crippen molar-refractivity contribution in [1.29, 1.82) is 0 Å². The first-order valence-corrected chi connectivity index (χ1v) is 3.79. The van der Waals surface area contributed by atoms with Gasteiger partial charge in [-0.25, -0.2) is 4.98 Å². The van der Waals surface area contributed by atoms with E-state index < -0.39 is 0 Å². The van der Waals surface area contributed by atoms with Crippen molar-refractivity contribution in [2.24, 2.45) is 0 Å². The lowest BCUT2D eigenvalue weighted by Gasteiger charge is -1.84. The Balaban J connectivity index is 2.74. The van der Waals surface area contributed by atoms with E-state index in [2.05, 4.69) is 16.8 Å². The van der Waals surface area contributed by atoms with Crippen molar-refractivity contribution in [1.82, 2.24) is 4.98 Å². The molecule has 0 spiro atoms. The minimum absolute atomic E-state index is 0.0550. The molecule has 0 saturated heterocycles. The van der Waals surface area contributed by atoms with Crippen molar-refractivity contribution in [3.8, 4) is 11.8 Å². The molecular weight excluding hydrogens is 150 g/mol. The maximum atomic E-state index is 10.8. The van der Waals surface area contributed by atoms with Gasteiger partial charge in [-0.05, 0) is 24.0 Å². The van der Waals surface area contributed by atoms with Gasteiger partial charge in [-0.15, -0.1) is 0 Å². The Morgan fingerprint density at radius 2 is 2.42 bits per heavy atom. The Bertz CT molecular complexity index is 319. The first kappa shape index (κ1) is 8.48. The molecule has 0 unspecified atom stereocenters. The van der Waals surface area contributed by atoms with Gasteiger partial charge in [0.15, 0.2) is 0 Å². The third-order valence-electron chi connectivity index (χ3n) is 1.32. The average molecular weight is 159 g/mol. The van der Waals surface area contributed by atoms with Gasteiger partial charge in [-0.3, -0.25) is 4.79 Å². The molecule has 0 fully saturated rings. The summed E-state index contributed by atoms with van der Waals surface area (Å²) >= 11 is 0. The molecule has 0 aromatic carbocycles. The van der Waals surface area contributed by atoms with Gasteiger partial charge in [0.05, 0.1) is 0 Å². The summed E-state index contributed by atoms with van der Waals surface area (Å²) in [4.78, 5) is 14.7. The van der Waals surface area contributed by atoms with Gasteiger partial charge in [0.2, 0.25) is 5.78 Å². The number of rotatable bonds is 1. The normalized spacial score (nSPS) is 8.42. The van der Waals surface area contributed by atoms with Gasteiger partial charge in [0.1, 0.15) is 5.69 Å². The SMILES string of the molecule is CCC(=O)C#Cc1ccccn1. The van der Waals surface area contributed by atoms with Gasteiger partial charge in [-0.1, -0.05) is 13.0 Å². The zero-order valence-electron chi connectivity index (χ0n) is 6.87. The second kappa shape index (κ2) is 4.30. The molecule has 0 aliphatic heterocycles. The van der Waals surface area contributed by atoms with Crippen LogP contribution in [-0.4, -0.2) is 10.8 Å². The summed E-state index contributed by atoms with van der Waals surface area (Å²) in [6, 6.07) is 5.43. The van der Waals surface area contributed by atoms with Gasteiger partial charge in [0.25, 0.3) is 0 Å². The smallest absolute Gasteiger partial charge is 0.205 e. The molecule has 0 atom stereocenters. The van der Waals surface area contributed by atoms with E-state index in [0.717, 1.165) is 0 Å². The van der Waals surface area contributed by atoms with E-state index >= 15 is 0 Å². The highest BCUT2D eigenvalue weighted by Gasteiger charge is 1.88. The standard InChI is InChI=1S/C10H9NO/c1-2-10(12)7-6-9-5-3-4-8-11-9/h3-5,8H,2H2,1H3. The maximum Gasteiger partial charge on any atom is 0.205 e. The molecule has 1 aromatic heterocycles. The molecule has 0 amide bonds. The van der Waals surface area contributed by atoms with Crippen molar-refractivity contribution >= 4 is 5.78 Å². The topological polar surface area (TPSA) is 30.0 Å². The van der Waals surface area contributed by atoms with Crippen LogP contribution in [0.1, 0.15) is 19.0 Å². The number of aromatic nitrogens is 1. The third-order valence-corrected chi connectivity index (χ3v) is 1.32. The van der Waals surface area contributed by atoms with E-state index in [1.165, 1.54) is 0 Å². The summed E-state index contributed by atoms with van der Waals surface area (Å²) in [5, 5.41) is 0. The van der Waals surface area contributed by atoms with Crippen LogP contribution in [0, 0.1) is 11.8 Å². The molecule has 0 radical (unpaired) electrons. The number of carbonyl (C=O) groups is 1. The zero-order valence-corrected chi connectivity index (χ0v) is 6.87. The third kappa shape index (κ3) is 2.55. The molecule has 0 aliphatic rings. The largest absolute Gasteiger partial charge is 0.285 e. The number of hydrogen-bond donors (Lipinski definition) is 0. The van der Waals surface area contributed by atoms with Crippen LogP contribution in [0.4, 0.5) is 0 Å². The summed E-state index contributed by atoms with van der Waals surface area (Å²) in [6.45, 7) is 1.79. The molecule has 0 aliphatic carbocycles. The number of pyridine rings is 1. The zero-order chi connectivity index (χ0) is 8.81.